The topological polar surface area (TPSA) is 78.5 Å². The minimum atomic E-state index is -0.560. The molecule has 0 spiro atoms. The molecule has 1 aromatic rings. The second-order valence-electron chi connectivity index (χ2n) is 5.61. The Morgan fingerprint density at radius 1 is 1.41 bits per heavy atom. The zero-order chi connectivity index (χ0) is 16.4. The van der Waals surface area contributed by atoms with Crippen molar-refractivity contribution in [1.82, 2.24) is 10.2 Å². The highest BCUT2D eigenvalue weighted by atomic mass is 79.9. The molecule has 1 unspecified atom stereocenters. The van der Waals surface area contributed by atoms with E-state index >= 15 is 0 Å². The van der Waals surface area contributed by atoms with Gasteiger partial charge < -0.3 is 10.6 Å². The molecule has 4 amide bonds. The van der Waals surface area contributed by atoms with Crippen LogP contribution in [0.2, 0.25) is 0 Å². The average Bonchev–Trinajstić information content (AvgIpc) is 2.71. The number of nitrogens with zero attached hydrogens (tertiary/aromatic N) is 1. The first-order valence-electron chi connectivity index (χ1n) is 6.97. The van der Waals surface area contributed by atoms with Crippen LogP contribution in [0.4, 0.5) is 10.5 Å². The molecule has 1 aliphatic rings. The Morgan fingerprint density at radius 3 is 2.64 bits per heavy atom. The zero-order valence-electron chi connectivity index (χ0n) is 12.6. The fourth-order valence-electron chi connectivity index (χ4n) is 2.21. The van der Waals surface area contributed by atoms with E-state index in [0.717, 1.165) is 14.9 Å². The van der Waals surface area contributed by atoms with E-state index in [1.165, 1.54) is 0 Å². The second-order valence-corrected chi connectivity index (χ2v) is 6.46. The van der Waals surface area contributed by atoms with Gasteiger partial charge in [-0.2, -0.15) is 0 Å². The van der Waals surface area contributed by atoms with Crippen molar-refractivity contribution in [2.45, 2.75) is 26.8 Å². The number of nitrogens with one attached hydrogen (secondary N) is 2. The summed E-state index contributed by atoms with van der Waals surface area (Å²) in [6.07, 6.45) is 0. The summed E-state index contributed by atoms with van der Waals surface area (Å²) in [5, 5.41) is 5.28. The fraction of sp³-hybridized carbons (Fsp3) is 0.400. The highest BCUT2D eigenvalue weighted by molar-refractivity contribution is 9.10. The first-order chi connectivity index (χ1) is 10.3. The lowest BCUT2D eigenvalue weighted by atomic mass is 10.1. The zero-order valence-corrected chi connectivity index (χ0v) is 14.2. The summed E-state index contributed by atoms with van der Waals surface area (Å²) in [6, 6.07) is 4.30. The number of rotatable bonds is 4. The quantitative estimate of drug-likeness (QED) is 0.801. The number of urea groups is 1. The molecule has 1 aromatic carbocycles. The maximum atomic E-state index is 12.1. The number of carbonyl (C=O) groups excluding carboxylic acids is 3. The first kappa shape index (κ1) is 16.5. The third kappa shape index (κ3) is 3.47. The monoisotopic (exact) mass is 367 g/mol. The van der Waals surface area contributed by atoms with Crippen LogP contribution in [0, 0.1) is 12.8 Å². The Morgan fingerprint density at radius 2 is 2.09 bits per heavy atom. The third-order valence-corrected chi connectivity index (χ3v) is 4.36. The van der Waals surface area contributed by atoms with Gasteiger partial charge in [0.15, 0.2) is 0 Å². The molecule has 118 valence electrons. The van der Waals surface area contributed by atoms with Gasteiger partial charge in [-0.3, -0.25) is 14.5 Å². The molecule has 1 atom stereocenters. The van der Waals surface area contributed by atoms with E-state index in [-0.39, 0.29) is 18.4 Å². The van der Waals surface area contributed by atoms with Crippen molar-refractivity contribution in [2.24, 2.45) is 5.92 Å². The van der Waals surface area contributed by atoms with Gasteiger partial charge in [-0.25, -0.2) is 4.79 Å². The number of aryl methyl sites for hydroxylation is 1. The fourth-order valence-corrected chi connectivity index (χ4v) is 2.46. The number of amides is 4. The van der Waals surface area contributed by atoms with Crippen molar-refractivity contribution in [2.75, 3.05) is 11.9 Å². The molecule has 1 aliphatic heterocycles. The van der Waals surface area contributed by atoms with Gasteiger partial charge >= 0.3 is 6.03 Å². The van der Waals surface area contributed by atoms with Gasteiger partial charge in [-0.05, 0) is 36.6 Å². The first-order valence-corrected chi connectivity index (χ1v) is 7.76. The number of benzene rings is 1. The molecule has 0 saturated carbocycles. The molecule has 6 nitrogen and oxygen atoms in total. The van der Waals surface area contributed by atoms with Gasteiger partial charge in [-0.1, -0.05) is 29.8 Å². The summed E-state index contributed by atoms with van der Waals surface area (Å²) in [7, 11) is 0. The lowest BCUT2D eigenvalue weighted by Gasteiger charge is -2.14. The van der Waals surface area contributed by atoms with Crippen LogP contribution in [-0.2, 0) is 9.59 Å². The van der Waals surface area contributed by atoms with E-state index < -0.39 is 18.0 Å². The molecule has 1 heterocycles. The van der Waals surface area contributed by atoms with Crippen molar-refractivity contribution in [3.8, 4) is 0 Å². The van der Waals surface area contributed by atoms with E-state index in [1.54, 1.807) is 6.07 Å². The summed E-state index contributed by atoms with van der Waals surface area (Å²) < 4.78 is 0.944. The minimum absolute atomic E-state index is 0.0152. The highest BCUT2D eigenvalue weighted by Crippen LogP contribution is 2.20. The van der Waals surface area contributed by atoms with E-state index in [2.05, 4.69) is 26.6 Å². The molecule has 0 radical (unpaired) electrons. The van der Waals surface area contributed by atoms with Crippen LogP contribution in [0.25, 0.3) is 0 Å². The Balaban J connectivity index is 2.01. The highest BCUT2D eigenvalue weighted by Gasteiger charge is 2.40. The van der Waals surface area contributed by atoms with Crippen molar-refractivity contribution in [3.63, 3.8) is 0 Å². The normalized spacial score (nSPS) is 17.9. The van der Waals surface area contributed by atoms with Crippen LogP contribution >= 0.6 is 15.9 Å². The maximum Gasteiger partial charge on any atom is 0.325 e. The smallest absolute Gasteiger partial charge is 0.325 e. The Bertz CT molecular complexity index is 630. The Hall–Kier alpha value is -1.89. The van der Waals surface area contributed by atoms with E-state index in [9.17, 15) is 14.4 Å². The van der Waals surface area contributed by atoms with Crippen molar-refractivity contribution in [3.05, 3.63) is 28.2 Å². The molecule has 0 aromatic heterocycles. The van der Waals surface area contributed by atoms with Gasteiger partial charge in [0.25, 0.3) is 5.91 Å². The molecule has 0 aliphatic carbocycles. The molecular weight excluding hydrogens is 350 g/mol. The summed E-state index contributed by atoms with van der Waals surface area (Å²) in [6.45, 7) is 5.31. The van der Waals surface area contributed by atoms with Crippen molar-refractivity contribution >= 4 is 39.5 Å². The summed E-state index contributed by atoms with van der Waals surface area (Å²) >= 11 is 3.38. The van der Waals surface area contributed by atoms with Crippen molar-refractivity contribution in [1.29, 1.82) is 0 Å². The predicted molar refractivity (Wildman–Crippen MR) is 86.4 cm³/mol. The largest absolute Gasteiger partial charge is 0.326 e. The standard InChI is InChI=1S/C15H18BrN3O3/c1-8(2)13-14(21)19(15(22)18-13)7-12(20)17-10-4-5-11(16)9(3)6-10/h4-6,8,13H,7H2,1-3H3,(H,17,20)(H,18,22). The maximum absolute atomic E-state index is 12.1. The van der Waals surface area contributed by atoms with Crippen molar-refractivity contribution < 1.29 is 14.4 Å². The number of hydrogen-bond acceptors (Lipinski definition) is 3. The average molecular weight is 368 g/mol. The Kier molecular flexibility index (Phi) is 4.85. The van der Waals surface area contributed by atoms with Crippen LogP contribution in [-0.4, -0.2) is 35.3 Å². The van der Waals surface area contributed by atoms with Crippen LogP contribution in [0.3, 0.4) is 0 Å². The van der Waals surface area contributed by atoms with Gasteiger partial charge in [0.2, 0.25) is 5.91 Å². The Labute approximate surface area is 137 Å². The number of anilines is 1. The van der Waals surface area contributed by atoms with E-state index in [1.807, 2.05) is 32.9 Å². The molecular formula is C15H18BrN3O3. The molecule has 1 saturated heterocycles. The number of imide groups is 1. The predicted octanol–water partition coefficient (Wildman–Crippen LogP) is 2.27. The molecule has 2 N–H and O–H groups in total. The summed E-state index contributed by atoms with van der Waals surface area (Å²) in [5.74, 6) is -0.782. The molecule has 0 bridgehead atoms. The molecule has 22 heavy (non-hydrogen) atoms. The molecule has 2 rings (SSSR count). The number of halogens is 1. The second kappa shape index (κ2) is 6.48. The number of carbonyl (C=O) groups is 3. The lowest BCUT2D eigenvalue weighted by Crippen LogP contribution is -2.39. The third-order valence-electron chi connectivity index (χ3n) is 3.47. The molecule has 1 fully saturated rings. The summed E-state index contributed by atoms with van der Waals surface area (Å²) in [4.78, 5) is 36.9. The van der Waals surface area contributed by atoms with E-state index in [4.69, 9.17) is 0 Å². The van der Waals surface area contributed by atoms with Gasteiger partial charge in [-0.15, -0.1) is 0 Å². The van der Waals surface area contributed by atoms with Gasteiger partial charge in [0.05, 0.1) is 0 Å². The summed E-state index contributed by atoms with van der Waals surface area (Å²) in [5.41, 5.74) is 1.60. The van der Waals surface area contributed by atoms with Crippen LogP contribution in [0.5, 0.6) is 0 Å². The SMILES string of the molecule is Cc1cc(NC(=O)CN2C(=O)NC(C(C)C)C2=O)ccc1Br. The van der Waals surface area contributed by atoms with E-state index in [0.29, 0.717) is 5.69 Å². The van der Waals surface area contributed by atoms with Crippen LogP contribution in [0.15, 0.2) is 22.7 Å². The minimum Gasteiger partial charge on any atom is -0.326 e. The lowest BCUT2D eigenvalue weighted by molar-refractivity contribution is -0.131. The van der Waals surface area contributed by atoms with Crippen LogP contribution in [0.1, 0.15) is 19.4 Å². The van der Waals surface area contributed by atoms with Gasteiger partial charge in [0, 0.05) is 10.2 Å². The number of hydrogen-bond donors (Lipinski definition) is 2. The van der Waals surface area contributed by atoms with Crippen LogP contribution < -0.4 is 10.6 Å². The van der Waals surface area contributed by atoms with Gasteiger partial charge in [0.1, 0.15) is 12.6 Å². The molecule has 7 heteroatoms.